The largest absolute Gasteiger partial charge is 0.469 e. The van der Waals surface area contributed by atoms with Crippen molar-refractivity contribution >= 4 is 5.97 Å². The lowest BCUT2D eigenvalue weighted by Crippen LogP contribution is -2.38. The van der Waals surface area contributed by atoms with Crippen molar-refractivity contribution < 1.29 is 9.53 Å². The fraction of sp³-hybridized carbons (Fsp3) is 0.923. The van der Waals surface area contributed by atoms with Crippen LogP contribution >= 0.6 is 0 Å². The van der Waals surface area contributed by atoms with Crippen molar-refractivity contribution in [2.45, 2.75) is 34.6 Å². The fourth-order valence-electron chi connectivity index (χ4n) is 1.92. The summed E-state index contributed by atoms with van der Waals surface area (Å²) in [6.45, 7) is 12.5. The van der Waals surface area contributed by atoms with Crippen molar-refractivity contribution in [3.63, 3.8) is 0 Å². The van der Waals surface area contributed by atoms with E-state index in [2.05, 4.69) is 46.6 Å². The summed E-state index contributed by atoms with van der Waals surface area (Å²) in [7, 11) is 3.52. The molecule has 0 spiro atoms. The number of carbonyl (C=O) groups is 1. The Morgan fingerprint density at radius 3 is 2.12 bits per heavy atom. The van der Waals surface area contributed by atoms with Crippen LogP contribution < -0.4 is 0 Å². The van der Waals surface area contributed by atoms with E-state index < -0.39 is 0 Å². The zero-order chi connectivity index (χ0) is 12.9. The third-order valence-corrected chi connectivity index (χ3v) is 2.56. The molecule has 0 N–H and O–H groups in total. The van der Waals surface area contributed by atoms with Crippen LogP contribution in [0.1, 0.15) is 34.6 Å². The van der Waals surface area contributed by atoms with E-state index in [1.165, 1.54) is 7.11 Å². The monoisotopic (exact) mass is 229 g/mol. The Labute approximate surface area is 100 Å². The molecule has 3 heteroatoms. The maximum absolute atomic E-state index is 11.6. The first-order valence-electron chi connectivity index (χ1n) is 5.93. The second kappa shape index (κ2) is 6.24. The molecule has 0 aliphatic rings. The number of carbonyl (C=O) groups excluding carboxylic acids is 1. The van der Waals surface area contributed by atoms with Crippen LogP contribution in [0.2, 0.25) is 0 Å². The highest BCUT2D eigenvalue weighted by Crippen LogP contribution is 2.18. The minimum atomic E-state index is -0.101. The molecule has 0 saturated carbocycles. The second-order valence-electron chi connectivity index (χ2n) is 6.13. The summed E-state index contributed by atoms with van der Waals surface area (Å²) in [6.07, 6.45) is 0. The van der Waals surface area contributed by atoms with Crippen LogP contribution in [-0.4, -0.2) is 38.1 Å². The van der Waals surface area contributed by atoms with Crippen molar-refractivity contribution in [3.8, 4) is 0 Å². The van der Waals surface area contributed by atoms with Gasteiger partial charge in [-0.15, -0.1) is 0 Å². The van der Waals surface area contributed by atoms with Crippen LogP contribution in [0, 0.1) is 17.3 Å². The molecule has 0 radical (unpaired) electrons. The van der Waals surface area contributed by atoms with Crippen molar-refractivity contribution in [2.75, 3.05) is 27.2 Å². The first-order chi connectivity index (χ1) is 7.17. The molecule has 0 heterocycles. The predicted molar refractivity (Wildman–Crippen MR) is 67.3 cm³/mol. The molecular weight excluding hydrogens is 202 g/mol. The van der Waals surface area contributed by atoms with Crippen LogP contribution in [0.3, 0.4) is 0 Å². The Balaban J connectivity index is 4.35. The van der Waals surface area contributed by atoms with E-state index in [1.807, 2.05) is 0 Å². The highest BCUT2D eigenvalue weighted by Gasteiger charge is 2.25. The molecule has 0 aromatic rings. The van der Waals surface area contributed by atoms with E-state index in [9.17, 15) is 4.79 Å². The molecule has 0 fully saturated rings. The third kappa shape index (κ3) is 6.11. The lowest BCUT2D eigenvalue weighted by Gasteiger charge is -2.30. The van der Waals surface area contributed by atoms with Crippen LogP contribution in [0.4, 0.5) is 0 Å². The van der Waals surface area contributed by atoms with Gasteiger partial charge in [0.1, 0.15) is 0 Å². The van der Waals surface area contributed by atoms with Gasteiger partial charge < -0.3 is 9.64 Å². The number of hydrogen-bond acceptors (Lipinski definition) is 3. The highest BCUT2D eigenvalue weighted by atomic mass is 16.5. The summed E-state index contributed by atoms with van der Waals surface area (Å²) >= 11 is 0. The Kier molecular flexibility index (Phi) is 6.01. The average Bonchev–Trinajstić information content (AvgIpc) is 2.09. The summed E-state index contributed by atoms with van der Waals surface area (Å²) in [4.78, 5) is 13.8. The summed E-state index contributed by atoms with van der Waals surface area (Å²) in [5.74, 6) is 0.183. The van der Waals surface area contributed by atoms with Gasteiger partial charge in [0.15, 0.2) is 0 Å². The van der Waals surface area contributed by atoms with E-state index in [0.717, 1.165) is 13.1 Å². The molecule has 1 atom stereocenters. The fourth-order valence-corrected chi connectivity index (χ4v) is 1.92. The Morgan fingerprint density at radius 1 is 1.31 bits per heavy atom. The van der Waals surface area contributed by atoms with Gasteiger partial charge in [-0.1, -0.05) is 34.6 Å². The second-order valence-corrected chi connectivity index (χ2v) is 6.13. The molecule has 16 heavy (non-hydrogen) atoms. The van der Waals surface area contributed by atoms with Gasteiger partial charge in [0.25, 0.3) is 0 Å². The number of ether oxygens (including phenoxy) is 1. The Hall–Kier alpha value is -0.570. The first-order valence-corrected chi connectivity index (χ1v) is 5.93. The zero-order valence-corrected chi connectivity index (χ0v) is 11.8. The first kappa shape index (κ1) is 15.4. The topological polar surface area (TPSA) is 29.5 Å². The van der Waals surface area contributed by atoms with E-state index in [4.69, 9.17) is 4.74 Å². The van der Waals surface area contributed by atoms with Gasteiger partial charge in [0.2, 0.25) is 0 Å². The van der Waals surface area contributed by atoms with Gasteiger partial charge >= 0.3 is 5.97 Å². The molecule has 96 valence electrons. The van der Waals surface area contributed by atoms with Crippen molar-refractivity contribution in [1.29, 1.82) is 0 Å². The van der Waals surface area contributed by atoms with E-state index in [1.54, 1.807) is 0 Å². The van der Waals surface area contributed by atoms with Crippen molar-refractivity contribution in [1.82, 2.24) is 4.90 Å². The Bertz CT molecular complexity index is 218. The van der Waals surface area contributed by atoms with E-state index in [-0.39, 0.29) is 17.3 Å². The van der Waals surface area contributed by atoms with Crippen LogP contribution in [0.5, 0.6) is 0 Å². The zero-order valence-electron chi connectivity index (χ0n) is 11.8. The molecule has 0 amide bonds. The molecule has 0 aliphatic heterocycles. The Morgan fingerprint density at radius 2 is 1.81 bits per heavy atom. The van der Waals surface area contributed by atoms with Crippen LogP contribution in [0.15, 0.2) is 0 Å². The molecule has 0 bridgehead atoms. The number of esters is 1. The molecular formula is C13H27NO2. The lowest BCUT2D eigenvalue weighted by molar-refractivity contribution is -0.147. The van der Waals surface area contributed by atoms with Gasteiger partial charge in [-0.3, -0.25) is 4.79 Å². The predicted octanol–water partition coefficient (Wildman–Crippen LogP) is 2.41. The molecule has 0 aromatic heterocycles. The SMILES string of the molecule is COC(=O)C(CN(C)CC(C)(C)C)C(C)C. The number of rotatable bonds is 5. The maximum atomic E-state index is 11.6. The van der Waals surface area contributed by atoms with Gasteiger partial charge in [-0.25, -0.2) is 0 Å². The van der Waals surface area contributed by atoms with E-state index in [0.29, 0.717) is 5.92 Å². The molecule has 0 aliphatic carbocycles. The highest BCUT2D eigenvalue weighted by molar-refractivity contribution is 5.72. The van der Waals surface area contributed by atoms with Gasteiger partial charge in [0, 0.05) is 13.1 Å². The normalized spacial score (nSPS) is 14.3. The number of hydrogen-bond donors (Lipinski definition) is 0. The van der Waals surface area contributed by atoms with Crippen LogP contribution in [0.25, 0.3) is 0 Å². The van der Waals surface area contributed by atoms with Crippen LogP contribution in [-0.2, 0) is 9.53 Å². The molecule has 0 aromatic carbocycles. The minimum absolute atomic E-state index is 0.0302. The van der Waals surface area contributed by atoms with Crippen molar-refractivity contribution in [2.24, 2.45) is 17.3 Å². The average molecular weight is 229 g/mol. The standard InChI is InChI=1S/C13H27NO2/c1-10(2)11(12(15)16-7)8-14(6)9-13(3,4)5/h10-11H,8-9H2,1-7H3. The van der Waals surface area contributed by atoms with Gasteiger partial charge in [-0.2, -0.15) is 0 Å². The maximum Gasteiger partial charge on any atom is 0.310 e. The van der Waals surface area contributed by atoms with Crippen molar-refractivity contribution in [3.05, 3.63) is 0 Å². The number of methoxy groups -OCH3 is 1. The minimum Gasteiger partial charge on any atom is -0.469 e. The smallest absolute Gasteiger partial charge is 0.310 e. The quantitative estimate of drug-likeness (QED) is 0.678. The third-order valence-electron chi connectivity index (χ3n) is 2.56. The van der Waals surface area contributed by atoms with Gasteiger partial charge in [0.05, 0.1) is 13.0 Å². The summed E-state index contributed by atoms with van der Waals surface area (Å²) < 4.78 is 4.84. The summed E-state index contributed by atoms with van der Waals surface area (Å²) in [5, 5.41) is 0. The molecule has 0 rings (SSSR count). The number of nitrogens with zero attached hydrogens (tertiary/aromatic N) is 1. The van der Waals surface area contributed by atoms with Gasteiger partial charge in [-0.05, 0) is 18.4 Å². The lowest BCUT2D eigenvalue weighted by atomic mass is 9.92. The summed E-state index contributed by atoms with van der Waals surface area (Å²) in [5.41, 5.74) is 0.256. The molecule has 3 nitrogen and oxygen atoms in total. The summed E-state index contributed by atoms with van der Waals surface area (Å²) in [6, 6.07) is 0. The molecule has 0 saturated heterocycles. The molecule has 1 unspecified atom stereocenters. The van der Waals surface area contributed by atoms with E-state index >= 15 is 0 Å².